The van der Waals surface area contributed by atoms with Crippen molar-refractivity contribution in [3.05, 3.63) is 29.8 Å². The van der Waals surface area contributed by atoms with Crippen molar-refractivity contribution in [1.82, 2.24) is 5.32 Å². The van der Waals surface area contributed by atoms with Crippen LogP contribution in [-0.2, 0) is 9.53 Å². The molecule has 19 heavy (non-hydrogen) atoms. The molecule has 104 valence electrons. The van der Waals surface area contributed by atoms with E-state index in [1.165, 1.54) is 0 Å². The van der Waals surface area contributed by atoms with E-state index in [9.17, 15) is 4.79 Å². The van der Waals surface area contributed by atoms with Crippen LogP contribution in [0.25, 0.3) is 0 Å². The van der Waals surface area contributed by atoms with Crippen molar-refractivity contribution in [3.63, 3.8) is 0 Å². The monoisotopic (exact) mass is 264 g/mol. The summed E-state index contributed by atoms with van der Waals surface area (Å²) in [6, 6.07) is 7.29. The van der Waals surface area contributed by atoms with Gasteiger partial charge in [-0.15, -0.1) is 0 Å². The molecule has 1 aliphatic heterocycles. The van der Waals surface area contributed by atoms with Crippen LogP contribution in [0.5, 0.6) is 5.75 Å². The van der Waals surface area contributed by atoms with E-state index in [0.29, 0.717) is 13.2 Å². The van der Waals surface area contributed by atoms with E-state index in [1.54, 1.807) is 7.11 Å². The molecule has 0 aliphatic carbocycles. The van der Waals surface area contributed by atoms with Crippen molar-refractivity contribution < 1.29 is 14.3 Å². The molecule has 5 heteroatoms. The summed E-state index contributed by atoms with van der Waals surface area (Å²) in [6.45, 7) is 2.77. The summed E-state index contributed by atoms with van der Waals surface area (Å²) in [5.41, 5.74) is 6.79. The van der Waals surface area contributed by atoms with Gasteiger partial charge in [-0.2, -0.15) is 0 Å². The molecule has 0 spiro atoms. The van der Waals surface area contributed by atoms with Gasteiger partial charge in [-0.1, -0.05) is 18.2 Å². The topological polar surface area (TPSA) is 73.6 Å². The predicted molar refractivity (Wildman–Crippen MR) is 71.8 cm³/mol. The predicted octanol–water partition coefficient (Wildman–Crippen LogP) is 0.846. The van der Waals surface area contributed by atoms with Gasteiger partial charge in [0.1, 0.15) is 5.75 Å². The number of amides is 1. The summed E-state index contributed by atoms with van der Waals surface area (Å²) >= 11 is 0. The molecule has 0 radical (unpaired) electrons. The van der Waals surface area contributed by atoms with Crippen LogP contribution in [0.4, 0.5) is 0 Å². The Labute approximate surface area is 113 Å². The van der Waals surface area contributed by atoms with Gasteiger partial charge in [-0.05, 0) is 13.0 Å². The highest BCUT2D eigenvalue weighted by atomic mass is 16.5. The molecule has 1 amide bonds. The van der Waals surface area contributed by atoms with Gasteiger partial charge in [0.25, 0.3) is 0 Å². The van der Waals surface area contributed by atoms with Gasteiger partial charge in [0.05, 0.1) is 32.3 Å². The Hall–Kier alpha value is -1.59. The number of nitrogens with one attached hydrogen (secondary N) is 1. The maximum atomic E-state index is 12.1. The Balaban J connectivity index is 2.04. The average Bonchev–Trinajstić information content (AvgIpc) is 2.85. The molecule has 1 aromatic carbocycles. The van der Waals surface area contributed by atoms with Crippen LogP contribution in [0, 0.1) is 5.92 Å². The number of carbonyl (C=O) groups is 1. The first-order chi connectivity index (χ1) is 9.13. The summed E-state index contributed by atoms with van der Waals surface area (Å²) < 4.78 is 10.5. The zero-order valence-electron chi connectivity index (χ0n) is 11.3. The second-order valence-electron chi connectivity index (χ2n) is 4.78. The van der Waals surface area contributed by atoms with Crippen molar-refractivity contribution in [3.8, 4) is 5.75 Å². The zero-order valence-corrected chi connectivity index (χ0v) is 11.3. The number of carbonyl (C=O) groups excluding carboxylic acids is 1. The fourth-order valence-corrected chi connectivity index (χ4v) is 2.26. The van der Waals surface area contributed by atoms with Crippen molar-refractivity contribution in [2.24, 2.45) is 11.7 Å². The highest BCUT2D eigenvalue weighted by molar-refractivity contribution is 5.80. The summed E-state index contributed by atoms with van der Waals surface area (Å²) in [7, 11) is 1.62. The molecular weight excluding hydrogens is 244 g/mol. The summed E-state index contributed by atoms with van der Waals surface area (Å²) in [5, 5.41) is 2.96. The van der Waals surface area contributed by atoms with Gasteiger partial charge in [0.15, 0.2) is 0 Å². The number of nitrogens with two attached hydrogens (primary N) is 1. The molecule has 2 unspecified atom stereocenters. The van der Waals surface area contributed by atoms with Gasteiger partial charge in [0.2, 0.25) is 5.91 Å². The first-order valence-corrected chi connectivity index (χ1v) is 6.40. The Bertz CT molecular complexity index is 450. The van der Waals surface area contributed by atoms with E-state index in [1.807, 2.05) is 31.2 Å². The van der Waals surface area contributed by atoms with Crippen molar-refractivity contribution in [2.75, 3.05) is 20.3 Å². The van der Waals surface area contributed by atoms with Gasteiger partial charge >= 0.3 is 0 Å². The molecule has 5 nitrogen and oxygen atoms in total. The highest BCUT2D eigenvalue weighted by Crippen LogP contribution is 2.25. The van der Waals surface area contributed by atoms with E-state index in [4.69, 9.17) is 15.2 Å². The quantitative estimate of drug-likeness (QED) is 0.845. The number of hydrogen-bond donors (Lipinski definition) is 2. The molecule has 1 saturated heterocycles. The minimum Gasteiger partial charge on any atom is -0.496 e. The van der Waals surface area contributed by atoms with E-state index in [0.717, 1.165) is 11.3 Å². The molecule has 2 rings (SSSR count). The van der Waals surface area contributed by atoms with Crippen LogP contribution in [0.3, 0.4) is 0 Å². The smallest absolute Gasteiger partial charge is 0.227 e. The largest absolute Gasteiger partial charge is 0.496 e. The molecule has 0 bridgehead atoms. The Morgan fingerprint density at radius 2 is 2.21 bits per heavy atom. The van der Waals surface area contributed by atoms with Crippen LogP contribution in [0.2, 0.25) is 0 Å². The normalized spacial score (nSPS) is 23.9. The number of ether oxygens (including phenoxy) is 2. The van der Waals surface area contributed by atoms with Crippen molar-refractivity contribution >= 4 is 5.91 Å². The minimum absolute atomic E-state index is 0.0663. The van der Waals surface area contributed by atoms with Crippen molar-refractivity contribution in [2.45, 2.75) is 19.0 Å². The Morgan fingerprint density at radius 1 is 1.47 bits per heavy atom. The van der Waals surface area contributed by atoms with Gasteiger partial charge in [-0.25, -0.2) is 0 Å². The zero-order chi connectivity index (χ0) is 13.8. The van der Waals surface area contributed by atoms with Crippen molar-refractivity contribution in [1.29, 1.82) is 0 Å². The van der Waals surface area contributed by atoms with E-state index in [2.05, 4.69) is 5.32 Å². The molecular formula is C14H20N2O3. The Morgan fingerprint density at radius 3 is 2.84 bits per heavy atom. The molecule has 1 aromatic rings. The molecule has 0 saturated carbocycles. The van der Waals surface area contributed by atoms with E-state index < -0.39 is 0 Å². The molecule has 0 aromatic heterocycles. The fourth-order valence-electron chi connectivity index (χ4n) is 2.26. The minimum atomic E-state index is -0.267. The van der Waals surface area contributed by atoms with Crippen LogP contribution in [-0.4, -0.2) is 32.3 Å². The summed E-state index contributed by atoms with van der Waals surface area (Å²) in [6.07, 6.45) is 0. The maximum absolute atomic E-state index is 12.1. The maximum Gasteiger partial charge on any atom is 0.227 e. The van der Waals surface area contributed by atoms with Crippen LogP contribution in [0.15, 0.2) is 24.3 Å². The second-order valence-corrected chi connectivity index (χ2v) is 4.78. The lowest BCUT2D eigenvalue weighted by Gasteiger charge is -2.20. The second kappa shape index (κ2) is 6.04. The molecule has 1 aliphatic rings. The third-order valence-corrected chi connectivity index (χ3v) is 3.43. The standard InChI is InChI=1S/C14H20N2O3/c1-9(10-5-3-4-6-13(10)18-2)16-14(17)11-7-19-8-12(11)15/h3-6,9,11-12H,7-8,15H2,1-2H3,(H,16,17)/t9-,11?,12?/m1/s1. The lowest BCUT2D eigenvalue weighted by molar-refractivity contribution is -0.125. The molecule has 1 heterocycles. The van der Waals surface area contributed by atoms with Crippen LogP contribution < -0.4 is 15.8 Å². The summed E-state index contributed by atoms with van der Waals surface area (Å²) in [4.78, 5) is 12.1. The van der Waals surface area contributed by atoms with Gasteiger partial charge in [0, 0.05) is 11.6 Å². The fraction of sp³-hybridized carbons (Fsp3) is 0.500. The number of methoxy groups -OCH3 is 1. The number of rotatable bonds is 4. The number of para-hydroxylation sites is 1. The molecule has 3 N–H and O–H groups in total. The third kappa shape index (κ3) is 3.05. The van der Waals surface area contributed by atoms with E-state index >= 15 is 0 Å². The Kier molecular flexibility index (Phi) is 4.39. The van der Waals surface area contributed by atoms with Crippen LogP contribution >= 0.6 is 0 Å². The number of hydrogen-bond acceptors (Lipinski definition) is 4. The SMILES string of the molecule is COc1ccccc1[C@@H](C)NC(=O)C1COCC1N. The lowest BCUT2D eigenvalue weighted by atomic mass is 10.0. The first-order valence-electron chi connectivity index (χ1n) is 6.40. The van der Waals surface area contributed by atoms with Crippen LogP contribution in [0.1, 0.15) is 18.5 Å². The van der Waals surface area contributed by atoms with E-state index in [-0.39, 0.29) is 23.9 Å². The average molecular weight is 264 g/mol. The number of benzene rings is 1. The third-order valence-electron chi connectivity index (χ3n) is 3.43. The van der Waals surface area contributed by atoms with Gasteiger partial charge < -0.3 is 20.5 Å². The lowest BCUT2D eigenvalue weighted by Crippen LogP contribution is -2.41. The van der Waals surface area contributed by atoms with Gasteiger partial charge in [-0.3, -0.25) is 4.79 Å². The summed E-state index contributed by atoms with van der Waals surface area (Å²) in [5.74, 6) is 0.433. The first kappa shape index (κ1) is 13.8. The highest BCUT2D eigenvalue weighted by Gasteiger charge is 2.32. The molecule has 1 fully saturated rings. The molecule has 3 atom stereocenters.